The molecular formula is C25H31N5OS. The van der Waals surface area contributed by atoms with Crippen molar-refractivity contribution in [1.29, 1.82) is 0 Å². The maximum atomic E-state index is 12.7. The minimum absolute atomic E-state index is 0.0577. The van der Waals surface area contributed by atoms with Crippen LogP contribution in [0.5, 0.6) is 0 Å². The van der Waals surface area contributed by atoms with Crippen LogP contribution in [0.2, 0.25) is 0 Å². The van der Waals surface area contributed by atoms with Gasteiger partial charge in [-0.3, -0.25) is 14.3 Å². The molecule has 1 N–H and O–H groups in total. The van der Waals surface area contributed by atoms with Crippen LogP contribution in [0.1, 0.15) is 45.6 Å². The lowest BCUT2D eigenvalue weighted by Crippen LogP contribution is -2.44. The first kappa shape index (κ1) is 22.5. The largest absolute Gasteiger partial charge is 0.352 e. The van der Waals surface area contributed by atoms with Crippen molar-refractivity contribution in [2.24, 2.45) is 11.8 Å². The number of carbonyl (C=O) groups is 1. The molecule has 6 nitrogen and oxygen atoms in total. The number of hydrogen-bond donors (Lipinski definition) is 1. The minimum Gasteiger partial charge on any atom is -0.352 e. The fourth-order valence-corrected chi connectivity index (χ4v) is 5.09. The Morgan fingerprint density at radius 3 is 2.56 bits per heavy atom. The van der Waals surface area contributed by atoms with Gasteiger partial charge >= 0.3 is 0 Å². The Balaban J connectivity index is 1.54. The van der Waals surface area contributed by atoms with Gasteiger partial charge in [-0.25, -0.2) is 0 Å². The van der Waals surface area contributed by atoms with E-state index in [1.54, 1.807) is 12.4 Å². The molecule has 1 aromatic carbocycles. The summed E-state index contributed by atoms with van der Waals surface area (Å²) in [6.45, 7) is 6.67. The maximum Gasteiger partial charge on any atom is 0.230 e. The van der Waals surface area contributed by atoms with Crippen LogP contribution in [-0.2, 0) is 11.2 Å². The molecule has 1 saturated carbocycles. The monoisotopic (exact) mass is 449 g/mol. The number of aromatic nitrogens is 4. The normalized spacial score (nSPS) is 20.8. The summed E-state index contributed by atoms with van der Waals surface area (Å²) in [5.41, 5.74) is 3.20. The highest BCUT2D eigenvalue weighted by molar-refractivity contribution is 7.99. The van der Waals surface area contributed by atoms with Crippen molar-refractivity contribution in [3.05, 3.63) is 54.4 Å². The van der Waals surface area contributed by atoms with Crippen molar-refractivity contribution in [1.82, 2.24) is 25.1 Å². The predicted molar refractivity (Wildman–Crippen MR) is 129 cm³/mol. The molecule has 0 bridgehead atoms. The molecule has 4 rings (SSSR count). The van der Waals surface area contributed by atoms with Crippen LogP contribution < -0.4 is 5.32 Å². The number of nitrogens with zero attached hydrogens (tertiary/aromatic N) is 4. The Labute approximate surface area is 194 Å². The van der Waals surface area contributed by atoms with Crippen molar-refractivity contribution in [2.45, 2.75) is 57.7 Å². The molecule has 0 radical (unpaired) electrons. The Morgan fingerprint density at radius 2 is 1.84 bits per heavy atom. The zero-order valence-corrected chi connectivity index (χ0v) is 19.8. The van der Waals surface area contributed by atoms with E-state index in [-0.39, 0.29) is 11.9 Å². The van der Waals surface area contributed by atoms with Gasteiger partial charge in [0.2, 0.25) is 5.91 Å². The molecule has 1 amide bonds. The number of nitrogens with one attached hydrogen (secondary N) is 1. The van der Waals surface area contributed by atoms with Gasteiger partial charge in [-0.05, 0) is 54.5 Å². The lowest BCUT2D eigenvalue weighted by atomic mass is 9.78. The van der Waals surface area contributed by atoms with Crippen LogP contribution in [0.4, 0.5) is 0 Å². The van der Waals surface area contributed by atoms with Crippen molar-refractivity contribution in [3.63, 3.8) is 0 Å². The third kappa shape index (κ3) is 5.04. The summed E-state index contributed by atoms with van der Waals surface area (Å²) in [7, 11) is 0. The van der Waals surface area contributed by atoms with Crippen LogP contribution in [0.15, 0.2) is 53.9 Å². The molecule has 0 spiro atoms. The summed E-state index contributed by atoms with van der Waals surface area (Å²) < 4.78 is 2.03. The molecule has 2 aromatic heterocycles. The van der Waals surface area contributed by atoms with Gasteiger partial charge in [0.1, 0.15) is 0 Å². The molecule has 2 heterocycles. The second kappa shape index (κ2) is 10.3. The van der Waals surface area contributed by atoms with E-state index in [0.29, 0.717) is 22.7 Å². The average molecular weight is 450 g/mol. The topological polar surface area (TPSA) is 72.7 Å². The molecule has 1 aliphatic rings. The van der Waals surface area contributed by atoms with E-state index in [1.807, 2.05) is 16.7 Å². The molecular weight excluding hydrogens is 418 g/mol. The van der Waals surface area contributed by atoms with Gasteiger partial charge in [-0.1, -0.05) is 57.5 Å². The Morgan fingerprint density at radius 1 is 1.09 bits per heavy atom. The van der Waals surface area contributed by atoms with E-state index in [9.17, 15) is 4.79 Å². The van der Waals surface area contributed by atoms with E-state index in [2.05, 4.69) is 65.5 Å². The van der Waals surface area contributed by atoms with Gasteiger partial charge in [-0.2, -0.15) is 0 Å². The van der Waals surface area contributed by atoms with Crippen molar-refractivity contribution in [3.8, 4) is 17.1 Å². The second-order valence-electron chi connectivity index (χ2n) is 8.63. The number of benzene rings is 1. The molecule has 168 valence electrons. The smallest absolute Gasteiger partial charge is 0.230 e. The van der Waals surface area contributed by atoms with Crippen LogP contribution in [-0.4, -0.2) is 37.5 Å². The molecule has 0 aliphatic heterocycles. The fourth-order valence-electron chi connectivity index (χ4n) is 4.33. The molecule has 1 fully saturated rings. The highest BCUT2D eigenvalue weighted by Crippen LogP contribution is 2.30. The van der Waals surface area contributed by atoms with Crippen LogP contribution in [0.3, 0.4) is 0 Å². The Bertz CT molecular complexity index is 1030. The van der Waals surface area contributed by atoms with Crippen molar-refractivity contribution < 1.29 is 4.79 Å². The van der Waals surface area contributed by atoms with Gasteiger partial charge in [0.25, 0.3) is 0 Å². The molecule has 7 heteroatoms. The second-order valence-corrected chi connectivity index (χ2v) is 9.57. The molecule has 0 unspecified atom stereocenters. The first-order chi connectivity index (χ1) is 15.6. The number of carbonyl (C=O) groups excluding carboxylic acids is 1. The molecule has 3 aromatic rings. The standard InChI is InChI=1S/C25H31N5OS/c1-4-19-8-10-21(11-9-19)30-24(20-12-14-26-15-13-20)28-29-25(30)32-16-23(31)27-22-7-5-6-17(2)18(22)3/h8-15,17-18,22H,4-7,16H2,1-3H3,(H,27,31)/t17-,18-,22+/m0/s1. The highest BCUT2D eigenvalue weighted by Gasteiger charge is 2.28. The SMILES string of the molecule is CCc1ccc(-n2c(SCC(=O)N[C@@H]3CCC[C@H](C)[C@@H]3C)nnc2-c2ccncc2)cc1. The number of amides is 1. The van der Waals surface area contributed by atoms with E-state index < -0.39 is 0 Å². The molecule has 0 saturated heterocycles. The van der Waals surface area contributed by atoms with Crippen LogP contribution >= 0.6 is 11.8 Å². The molecule has 32 heavy (non-hydrogen) atoms. The van der Waals surface area contributed by atoms with Gasteiger partial charge in [0, 0.05) is 29.7 Å². The summed E-state index contributed by atoms with van der Waals surface area (Å²) in [5, 5.41) is 12.9. The summed E-state index contributed by atoms with van der Waals surface area (Å²) in [4.78, 5) is 16.9. The van der Waals surface area contributed by atoms with E-state index in [0.717, 1.165) is 29.9 Å². The van der Waals surface area contributed by atoms with Crippen molar-refractivity contribution in [2.75, 3.05) is 5.75 Å². The average Bonchev–Trinajstić information content (AvgIpc) is 3.25. The fraction of sp³-hybridized carbons (Fsp3) is 0.440. The van der Waals surface area contributed by atoms with Crippen LogP contribution in [0.25, 0.3) is 17.1 Å². The lowest BCUT2D eigenvalue weighted by Gasteiger charge is -2.34. The summed E-state index contributed by atoms with van der Waals surface area (Å²) in [6.07, 6.45) is 7.98. The first-order valence-electron chi connectivity index (χ1n) is 11.4. The van der Waals surface area contributed by atoms with Crippen LogP contribution in [0, 0.1) is 11.8 Å². The summed E-state index contributed by atoms with van der Waals surface area (Å²) in [5.74, 6) is 2.28. The van der Waals surface area contributed by atoms with E-state index in [4.69, 9.17) is 0 Å². The Hall–Kier alpha value is -2.67. The van der Waals surface area contributed by atoms with Gasteiger partial charge in [0.15, 0.2) is 11.0 Å². The van der Waals surface area contributed by atoms with Gasteiger partial charge in [0.05, 0.1) is 5.75 Å². The zero-order valence-electron chi connectivity index (χ0n) is 19.0. The first-order valence-corrected chi connectivity index (χ1v) is 12.4. The number of pyridine rings is 1. The molecule has 3 atom stereocenters. The minimum atomic E-state index is 0.0577. The third-order valence-electron chi connectivity index (χ3n) is 6.56. The number of rotatable bonds is 7. The third-order valence-corrected chi connectivity index (χ3v) is 7.49. The quantitative estimate of drug-likeness (QED) is 0.518. The van der Waals surface area contributed by atoms with Gasteiger partial charge < -0.3 is 5.32 Å². The number of hydrogen-bond acceptors (Lipinski definition) is 5. The highest BCUT2D eigenvalue weighted by atomic mass is 32.2. The molecule has 1 aliphatic carbocycles. The van der Waals surface area contributed by atoms with E-state index >= 15 is 0 Å². The summed E-state index contributed by atoms with van der Waals surface area (Å²) >= 11 is 1.43. The number of aryl methyl sites for hydroxylation is 1. The lowest BCUT2D eigenvalue weighted by molar-refractivity contribution is -0.120. The number of thioether (sulfide) groups is 1. The van der Waals surface area contributed by atoms with Gasteiger partial charge in [-0.15, -0.1) is 10.2 Å². The van der Waals surface area contributed by atoms with E-state index in [1.165, 1.54) is 30.2 Å². The van der Waals surface area contributed by atoms with Crippen molar-refractivity contribution >= 4 is 17.7 Å². The summed E-state index contributed by atoms with van der Waals surface area (Å²) in [6, 6.07) is 12.5. The Kier molecular flexibility index (Phi) is 7.25. The maximum absolute atomic E-state index is 12.7. The zero-order chi connectivity index (χ0) is 22.5. The predicted octanol–water partition coefficient (Wildman–Crippen LogP) is 4.92.